The average Bonchev–Trinajstić information content (AvgIpc) is 2.52. The molecule has 14 heavy (non-hydrogen) atoms. The topological polar surface area (TPSA) is 38.0 Å². The van der Waals surface area contributed by atoms with Crippen LogP contribution in [-0.2, 0) is 0 Å². The first-order valence-corrected chi connectivity index (χ1v) is 6.43. The molecule has 1 aromatic heterocycles. The van der Waals surface area contributed by atoms with Crippen LogP contribution in [0.4, 0.5) is 5.00 Å². The summed E-state index contributed by atoms with van der Waals surface area (Å²) in [7, 11) is 0. The molecular weight excluding hydrogens is 260 g/mol. The molecule has 1 atom stereocenters. The number of halogens is 1. The van der Waals surface area contributed by atoms with Crippen molar-refractivity contribution < 1.29 is 0 Å². The van der Waals surface area contributed by atoms with E-state index in [1.54, 1.807) is 11.3 Å². The van der Waals surface area contributed by atoms with Gasteiger partial charge in [0.25, 0.3) is 0 Å². The van der Waals surface area contributed by atoms with Gasteiger partial charge in [0.15, 0.2) is 0 Å². The molecule has 0 aliphatic carbocycles. The van der Waals surface area contributed by atoms with Crippen LogP contribution in [0.25, 0.3) is 0 Å². The molecule has 1 aromatic rings. The third-order valence-electron chi connectivity index (χ3n) is 2.36. The van der Waals surface area contributed by atoms with Gasteiger partial charge in [-0.05, 0) is 46.4 Å². The molecule has 0 bridgehead atoms. The summed E-state index contributed by atoms with van der Waals surface area (Å²) in [6, 6.07) is 4.14. The van der Waals surface area contributed by atoms with Gasteiger partial charge in [0.2, 0.25) is 0 Å². The van der Waals surface area contributed by atoms with E-state index < -0.39 is 0 Å². The zero-order valence-electron chi connectivity index (χ0n) is 8.59. The Hall–Kier alpha value is -0.0600. The summed E-state index contributed by atoms with van der Waals surface area (Å²) in [4.78, 5) is 0. The highest BCUT2D eigenvalue weighted by atomic mass is 79.9. The monoisotopic (exact) mass is 276 g/mol. The van der Waals surface area contributed by atoms with Crippen molar-refractivity contribution in [1.82, 2.24) is 0 Å². The van der Waals surface area contributed by atoms with Gasteiger partial charge in [-0.15, -0.1) is 11.3 Å². The van der Waals surface area contributed by atoms with Gasteiger partial charge in [0.1, 0.15) is 0 Å². The van der Waals surface area contributed by atoms with Crippen molar-refractivity contribution in [2.75, 3.05) is 18.4 Å². The van der Waals surface area contributed by atoms with Crippen LogP contribution in [0.5, 0.6) is 0 Å². The van der Waals surface area contributed by atoms with Crippen LogP contribution in [-0.4, -0.2) is 13.1 Å². The lowest BCUT2D eigenvalue weighted by Crippen LogP contribution is -2.27. The minimum absolute atomic E-state index is 0.552. The Morgan fingerprint density at radius 2 is 2.21 bits per heavy atom. The summed E-state index contributed by atoms with van der Waals surface area (Å²) in [6.07, 6.45) is 0. The Labute approximate surface area is 98.0 Å². The average molecular weight is 277 g/mol. The fourth-order valence-corrected chi connectivity index (χ4v) is 2.53. The van der Waals surface area contributed by atoms with Crippen LogP contribution < -0.4 is 11.1 Å². The van der Waals surface area contributed by atoms with Crippen molar-refractivity contribution in [1.29, 1.82) is 0 Å². The van der Waals surface area contributed by atoms with E-state index in [0.717, 1.165) is 16.9 Å². The maximum absolute atomic E-state index is 5.70. The van der Waals surface area contributed by atoms with E-state index in [1.807, 2.05) is 0 Å². The first-order chi connectivity index (χ1) is 6.63. The third-order valence-corrected chi connectivity index (χ3v) is 3.94. The SMILES string of the molecule is CC(C)C(CN)CNc1ccc(Br)s1. The van der Waals surface area contributed by atoms with E-state index in [1.165, 1.54) is 5.00 Å². The highest BCUT2D eigenvalue weighted by Gasteiger charge is 2.11. The van der Waals surface area contributed by atoms with Crippen molar-refractivity contribution in [2.45, 2.75) is 13.8 Å². The van der Waals surface area contributed by atoms with E-state index >= 15 is 0 Å². The minimum atomic E-state index is 0.552. The number of thiophene rings is 1. The molecule has 0 aliphatic heterocycles. The summed E-state index contributed by atoms with van der Waals surface area (Å²) in [5, 5.41) is 4.61. The van der Waals surface area contributed by atoms with E-state index in [4.69, 9.17) is 5.73 Å². The lowest BCUT2D eigenvalue weighted by Gasteiger charge is -2.19. The zero-order chi connectivity index (χ0) is 10.6. The molecule has 1 rings (SSSR count). The molecule has 0 radical (unpaired) electrons. The van der Waals surface area contributed by atoms with Gasteiger partial charge in [0.05, 0.1) is 8.79 Å². The predicted molar refractivity (Wildman–Crippen MR) is 67.9 cm³/mol. The van der Waals surface area contributed by atoms with Crippen LogP contribution in [0, 0.1) is 11.8 Å². The molecule has 4 heteroatoms. The normalized spacial score (nSPS) is 13.2. The van der Waals surface area contributed by atoms with E-state index in [2.05, 4.69) is 47.2 Å². The second-order valence-electron chi connectivity index (χ2n) is 3.72. The molecule has 0 spiro atoms. The Kier molecular flexibility index (Phi) is 4.92. The molecule has 2 nitrogen and oxygen atoms in total. The van der Waals surface area contributed by atoms with Gasteiger partial charge >= 0.3 is 0 Å². The van der Waals surface area contributed by atoms with Gasteiger partial charge in [-0.1, -0.05) is 13.8 Å². The number of rotatable bonds is 5. The van der Waals surface area contributed by atoms with Gasteiger partial charge in [-0.2, -0.15) is 0 Å². The van der Waals surface area contributed by atoms with E-state index in [-0.39, 0.29) is 0 Å². The predicted octanol–water partition coefficient (Wildman–Crippen LogP) is 3.15. The molecule has 80 valence electrons. The highest BCUT2D eigenvalue weighted by Crippen LogP contribution is 2.26. The first-order valence-electron chi connectivity index (χ1n) is 4.82. The third kappa shape index (κ3) is 3.59. The van der Waals surface area contributed by atoms with Crippen LogP contribution >= 0.6 is 27.3 Å². The quantitative estimate of drug-likeness (QED) is 0.867. The van der Waals surface area contributed by atoms with E-state index in [0.29, 0.717) is 11.8 Å². The Balaban J connectivity index is 2.39. The summed E-state index contributed by atoms with van der Waals surface area (Å²) in [5.74, 6) is 1.19. The molecule has 0 aromatic carbocycles. The molecule has 0 saturated heterocycles. The second-order valence-corrected chi connectivity index (χ2v) is 6.19. The van der Waals surface area contributed by atoms with Crippen LogP contribution in [0.1, 0.15) is 13.8 Å². The highest BCUT2D eigenvalue weighted by molar-refractivity contribution is 9.11. The van der Waals surface area contributed by atoms with Crippen LogP contribution in [0.2, 0.25) is 0 Å². The van der Waals surface area contributed by atoms with Gasteiger partial charge in [-0.3, -0.25) is 0 Å². The largest absolute Gasteiger partial charge is 0.377 e. The van der Waals surface area contributed by atoms with Gasteiger partial charge in [-0.25, -0.2) is 0 Å². The Morgan fingerprint density at radius 1 is 1.50 bits per heavy atom. The van der Waals surface area contributed by atoms with Crippen LogP contribution in [0.3, 0.4) is 0 Å². The second kappa shape index (κ2) is 5.73. The Morgan fingerprint density at radius 3 is 2.64 bits per heavy atom. The summed E-state index contributed by atoms with van der Waals surface area (Å²) in [6.45, 7) is 6.13. The maximum Gasteiger partial charge on any atom is 0.0894 e. The van der Waals surface area contributed by atoms with Crippen LogP contribution in [0.15, 0.2) is 15.9 Å². The number of nitrogens with one attached hydrogen (secondary N) is 1. The molecule has 1 unspecified atom stereocenters. The maximum atomic E-state index is 5.70. The summed E-state index contributed by atoms with van der Waals surface area (Å²) >= 11 is 5.16. The lowest BCUT2D eigenvalue weighted by molar-refractivity contribution is 0.413. The number of hydrogen-bond donors (Lipinski definition) is 2. The minimum Gasteiger partial charge on any atom is -0.377 e. The summed E-state index contributed by atoms with van der Waals surface area (Å²) in [5.41, 5.74) is 5.70. The van der Waals surface area contributed by atoms with Crippen molar-refractivity contribution in [3.63, 3.8) is 0 Å². The molecule has 0 aliphatic rings. The molecule has 0 fully saturated rings. The zero-order valence-corrected chi connectivity index (χ0v) is 11.0. The van der Waals surface area contributed by atoms with Gasteiger partial charge < -0.3 is 11.1 Å². The number of nitrogens with two attached hydrogens (primary N) is 1. The van der Waals surface area contributed by atoms with Crippen molar-refractivity contribution in [3.8, 4) is 0 Å². The fourth-order valence-electron chi connectivity index (χ4n) is 1.23. The Bertz CT molecular complexity index is 273. The smallest absolute Gasteiger partial charge is 0.0894 e. The van der Waals surface area contributed by atoms with Crippen molar-refractivity contribution in [3.05, 3.63) is 15.9 Å². The molecular formula is C10H17BrN2S. The molecule has 0 amide bonds. The summed E-state index contributed by atoms with van der Waals surface area (Å²) < 4.78 is 1.16. The van der Waals surface area contributed by atoms with Crippen molar-refractivity contribution >= 4 is 32.3 Å². The molecule has 0 saturated carbocycles. The molecule has 1 heterocycles. The number of hydrogen-bond acceptors (Lipinski definition) is 3. The lowest BCUT2D eigenvalue weighted by atomic mass is 9.96. The number of anilines is 1. The van der Waals surface area contributed by atoms with Crippen molar-refractivity contribution in [2.24, 2.45) is 17.6 Å². The standard InChI is InChI=1S/C10H17BrN2S/c1-7(2)8(5-12)6-13-10-4-3-9(11)14-10/h3-4,7-8,13H,5-6,12H2,1-2H3. The molecule has 3 N–H and O–H groups in total. The van der Waals surface area contributed by atoms with E-state index in [9.17, 15) is 0 Å². The first kappa shape index (κ1) is 12.0. The fraction of sp³-hybridized carbons (Fsp3) is 0.600. The van der Waals surface area contributed by atoms with Gasteiger partial charge in [0, 0.05) is 6.54 Å².